The van der Waals surface area contributed by atoms with Gasteiger partial charge >= 0.3 is 5.97 Å². The van der Waals surface area contributed by atoms with Gasteiger partial charge in [-0.15, -0.1) is 5.10 Å². The lowest BCUT2D eigenvalue weighted by Crippen LogP contribution is -1.97. The first kappa shape index (κ1) is 17.8. The lowest BCUT2D eigenvalue weighted by molar-refractivity contribution is -0.131. The van der Waals surface area contributed by atoms with Crippen molar-refractivity contribution < 1.29 is 14.3 Å². The second kappa shape index (κ2) is 7.94. The van der Waals surface area contributed by atoms with Crippen LogP contribution in [0.15, 0.2) is 65.3 Å². The molecular formula is C16H12BrN3O3S2. The maximum atomic E-state index is 11.5. The van der Waals surface area contributed by atoms with Gasteiger partial charge in [-0.25, -0.2) is 9.78 Å². The van der Waals surface area contributed by atoms with Gasteiger partial charge in [-0.2, -0.15) is 0 Å². The lowest BCUT2D eigenvalue weighted by atomic mass is 10.4. The van der Waals surface area contributed by atoms with Gasteiger partial charge in [0.05, 0.1) is 4.47 Å². The summed E-state index contributed by atoms with van der Waals surface area (Å²) in [7, 11) is 0. The number of benzene rings is 1. The van der Waals surface area contributed by atoms with E-state index in [0.29, 0.717) is 21.8 Å². The normalized spacial score (nSPS) is 11.7. The minimum absolute atomic E-state index is 0.0662. The fourth-order valence-corrected chi connectivity index (χ4v) is 3.92. The quantitative estimate of drug-likeness (QED) is 0.420. The molecule has 0 spiro atoms. The molecule has 1 aromatic carbocycles. The number of carbonyl (C=O) groups is 1. The summed E-state index contributed by atoms with van der Waals surface area (Å²) in [5.41, 5.74) is 0. The number of aliphatic carboxylic acids is 1. The molecule has 3 aromatic rings. The molecule has 2 N–H and O–H groups in total. The molecular weight excluding hydrogens is 426 g/mol. The number of H-pyrrole nitrogens is 1. The van der Waals surface area contributed by atoms with Gasteiger partial charge in [0, 0.05) is 11.0 Å². The topological polar surface area (TPSA) is 92.0 Å². The van der Waals surface area contributed by atoms with Crippen molar-refractivity contribution in [1.29, 1.82) is 0 Å². The van der Waals surface area contributed by atoms with E-state index in [0.717, 1.165) is 21.1 Å². The molecule has 25 heavy (non-hydrogen) atoms. The van der Waals surface area contributed by atoms with E-state index in [1.54, 1.807) is 13.0 Å². The van der Waals surface area contributed by atoms with Crippen molar-refractivity contribution in [3.05, 3.63) is 57.4 Å². The Kier molecular flexibility index (Phi) is 5.67. The Bertz CT molecular complexity index is 922. The van der Waals surface area contributed by atoms with Crippen molar-refractivity contribution >= 4 is 51.5 Å². The largest absolute Gasteiger partial charge is 0.477 e. The first-order valence-corrected chi connectivity index (χ1v) is 9.48. The molecule has 0 radical (unpaired) electrons. The molecule has 2 heterocycles. The van der Waals surface area contributed by atoms with E-state index in [1.807, 2.05) is 30.3 Å². The van der Waals surface area contributed by atoms with E-state index in [1.165, 1.54) is 17.8 Å². The molecule has 0 bridgehead atoms. The molecule has 0 atom stereocenters. The van der Waals surface area contributed by atoms with Crippen LogP contribution in [0.2, 0.25) is 0 Å². The van der Waals surface area contributed by atoms with Crippen molar-refractivity contribution in [2.75, 3.05) is 0 Å². The highest BCUT2D eigenvalue weighted by atomic mass is 79.9. The van der Waals surface area contributed by atoms with E-state index in [4.69, 9.17) is 4.42 Å². The van der Waals surface area contributed by atoms with Gasteiger partial charge in [0.25, 0.3) is 0 Å². The van der Waals surface area contributed by atoms with Gasteiger partial charge in [0.15, 0.2) is 5.09 Å². The third-order valence-electron chi connectivity index (χ3n) is 2.89. The Labute approximate surface area is 160 Å². The van der Waals surface area contributed by atoms with Gasteiger partial charge in [-0.05, 0) is 52.8 Å². The molecule has 0 fully saturated rings. The molecule has 2 aromatic heterocycles. The second-order valence-corrected chi connectivity index (χ2v) is 7.73. The second-order valence-electron chi connectivity index (χ2n) is 4.82. The third kappa shape index (κ3) is 4.77. The maximum Gasteiger partial charge on any atom is 0.342 e. The SMILES string of the molecule is Cc1nc(S/C(=C\c2cc(Br)c(Sc3ccccc3)o2)C(=O)O)n[nH]1. The average molecular weight is 438 g/mol. The molecule has 0 aliphatic carbocycles. The molecule has 0 aliphatic heterocycles. The van der Waals surface area contributed by atoms with Crippen LogP contribution in [0.3, 0.4) is 0 Å². The van der Waals surface area contributed by atoms with Gasteiger partial charge in [-0.3, -0.25) is 5.10 Å². The Hall–Kier alpha value is -1.97. The number of hydrogen-bond acceptors (Lipinski definition) is 6. The van der Waals surface area contributed by atoms with Crippen molar-refractivity contribution in [2.45, 2.75) is 22.1 Å². The molecule has 0 aliphatic rings. The number of halogens is 1. The van der Waals surface area contributed by atoms with Crippen LogP contribution in [0.5, 0.6) is 0 Å². The van der Waals surface area contributed by atoms with Crippen LogP contribution >= 0.6 is 39.5 Å². The summed E-state index contributed by atoms with van der Waals surface area (Å²) >= 11 is 5.85. The first-order valence-electron chi connectivity index (χ1n) is 7.05. The summed E-state index contributed by atoms with van der Waals surface area (Å²) in [6, 6.07) is 11.5. The lowest BCUT2D eigenvalue weighted by Gasteiger charge is -1.98. The van der Waals surface area contributed by atoms with Gasteiger partial charge in [0.1, 0.15) is 16.5 Å². The Morgan fingerprint density at radius 3 is 2.76 bits per heavy atom. The van der Waals surface area contributed by atoms with Gasteiger partial charge < -0.3 is 9.52 Å². The van der Waals surface area contributed by atoms with Crippen LogP contribution < -0.4 is 0 Å². The fourth-order valence-electron chi connectivity index (χ4n) is 1.84. The van der Waals surface area contributed by atoms with Crippen molar-refractivity contribution in [3.8, 4) is 0 Å². The molecule has 6 nitrogen and oxygen atoms in total. The Morgan fingerprint density at radius 2 is 2.12 bits per heavy atom. The summed E-state index contributed by atoms with van der Waals surface area (Å²) < 4.78 is 6.52. The van der Waals surface area contributed by atoms with E-state index >= 15 is 0 Å². The summed E-state index contributed by atoms with van der Waals surface area (Å²) in [6.45, 7) is 1.75. The van der Waals surface area contributed by atoms with Crippen LogP contribution in [-0.4, -0.2) is 26.3 Å². The molecule has 0 unspecified atom stereocenters. The smallest absolute Gasteiger partial charge is 0.342 e. The molecule has 9 heteroatoms. The van der Waals surface area contributed by atoms with Crippen LogP contribution in [0, 0.1) is 6.92 Å². The van der Waals surface area contributed by atoms with E-state index in [2.05, 4.69) is 31.1 Å². The highest BCUT2D eigenvalue weighted by Gasteiger charge is 2.16. The molecule has 0 amide bonds. The number of aromatic amines is 1. The Morgan fingerprint density at radius 1 is 1.36 bits per heavy atom. The van der Waals surface area contributed by atoms with Crippen molar-refractivity contribution in [3.63, 3.8) is 0 Å². The minimum Gasteiger partial charge on any atom is -0.477 e. The zero-order valence-electron chi connectivity index (χ0n) is 12.9. The number of furan rings is 1. The molecule has 128 valence electrons. The van der Waals surface area contributed by atoms with E-state index < -0.39 is 5.97 Å². The first-order chi connectivity index (χ1) is 12.0. The van der Waals surface area contributed by atoms with Crippen LogP contribution in [0.25, 0.3) is 6.08 Å². The third-order valence-corrected chi connectivity index (χ3v) is 5.62. The number of carboxylic acids is 1. The minimum atomic E-state index is -1.07. The van der Waals surface area contributed by atoms with Crippen LogP contribution in [-0.2, 0) is 4.79 Å². The standard InChI is InChI=1S/C16H12BrN3O3S2/c1-9-18-16(20-19-9)25-13(14(21)22)8-10-7-12(17)15(23-10)24-11-5-3-2-4-6-11/h2-8H,1H3,(H,21,22)(H,18,19,20)/b13-8-. The monoisotopic (exact) mass is 437 g/mol. The number of rotatable bonds is 6. The predicted molar refractivity (Wildman–Crippen MR) is 99.6 cm³/mol. The predicted octanol–water partition coefficient (Wildman–Crippen LogP) is 4.84. The molecule has 3 rings (SSSR count). The molecule has 0 saturated carbocycles. The van der Waals surface area contributed by atoms with Gasteiger partial charge in [0.2, 0.25) is 5.16 Å². The summed E-state index contributed by atoms with van der Waals surface area (Å²) in [6.07, 6.45) is 1.46. The van der Waals surface area contributed by atoms with Gasteiger partial charge in [-0.1, -0.05) is 30.0 Å². The summed E-state index contributed by atoms with van der Waals surface area (Å²) in [4.78, 5) is 16.7. The number of aromatic nitrogens is 3. The molecule has 0 saturated heterocycles. The van der Waals surface area contributed by atoms with E-state index in [-0.39, 0.29) is 4.91 Å². The van der Waals surface area contributed by atoms with Crippen LogP contribution in [0.4, 0.5) is 0 Å². The number of aryl methyl sites for hydroxylation is 1. The van der Waals surface area contributed by atoms with E-state index in [9.17, 15) is 9.90 Å². The van der Waals surface area contributed by atoms with Crippen molar-refractivity contribution in [1.82, 2.24) is 15.2 Å². The number of nitrogens with one attached hydrogen (secondary N) is 1. The zero-order valence-corrected chi connectivity index (χ0v) is 16.1. The Balaban J connectivity index is 1.83. The number of carboxylic acid groups (broad SMARTS) is 1. The highest BCUT2D eigenvalue weighted by molar-refractivity contribution is 9.10. The number of hydrogen-bond donors (Lipinski definition) is 2. The number of nitrogens with zero attached hydrogens (tertiary/aromatic N) is 2. The average Bonchev–Trinajstić information content (AvgIpc) is 3.13. The summed E-state index contributed by atoms with van der Waals surface area (Å²) in [5, 5.41) is 17.0. The summed E-state index contributed by atoms with van der Waals surface area (Å²) in [5.74, 6) is -0.0192. The highest BCUT2D eigenvalue weighted by Crippen LogP contribution is 2.37. The van der Waals surface area contributed by atoms with Crippen molar-refractivity contribution in [2.24, 2.45) is 0 Å². The zero-order chi connectivity index (χ0) is 17.8. The van der Waals surface area contributed by atoms with Crippen LogP contribution in [0.1, 0.15) is 11.6 Å². The maximum absolute atomic E-state index is 11.5. The fraction of sp³-hybridized carbons (Fsp3) is 0.0625. The number of thioether (sulfide) groups is 1.